The third-order valence-corrected chi connectivity index (χ3v) is 12.4. The minimum absolute atomic E-state index is 0.0556. The summed E-state index contributed by atoms with van der Waals surface area (Å²) < 4.78 is 5.05. The van der Waals surface area contributed by atoms with Crippen LogP contribution < -0.4 is 0 Å². The predicted molar refractivity (Wildman–Crippen MR) is 170 cm³/mol. The van der Waals surface area contributed by atoms with E-state index in [2.05, 4.69) is 20.1 Å². The lowest BCUT2D eigenvalue weighted by Crippen LogP contribution is -2.61. The first-order valence-electron chi connectivity index (χ1n) is 16.2. The lowest BCUT2D eigenvalue weighted by Gasteiger charge is -2.44. The Morgan fingerprint density at radius 2 is 1.91 bits per heavy atom. The van der Waals surface area contributed by atoms with Gasteiger partial charge in [0, 0.05) is 17.8 Å². The van der Waals surface area contributed by atoms with Crippen LogP contribution >= 0.6 is 11.8 Å². The Balaban J connectivity index is 1.52. The van der Waals surface area contributed by atoms with Crippen LogP contribution in [0.5, 0.6) is 0 Å². The van der Waals surface area contributed by atoms with Crippen LogP contribution in [0, 0.1) is 17.8 Å². The first-order valence-corrected chi connectivity index (χ1v) is 17.1. The summed E-state index contributed by atoms with van der Waals surface area (Å²) in [4.78, 5) is 47.0. The third kappa shape index (κ3) is 5.94. The molecule has 4 fully saturated rings. The molecule has 1 aromatic rings. The van der Waals surface area contributed by atoms with Crippen molar-refractivity contribution in [3.63, 3.8) is 0 Å². The Kier molecular flexibility index (Phi) is 10.4. The van der Waals surface area contributed by atoms with E-state index in [0.717, 1.165) is 56.9 Å². The Labute approximate surface area is 261 Å². The molecule has 4 aliphatic rings. The molecule has 3 aliphatic heterocycles. The third-order valence-electron chi connectivity index (χ3n) is 10.3. The quantitative estimate of drug-likeness (QED) is 0.178. The molecular formula is C35H48N2O5S. The van der Waals surface area contributed by atoms with Crippen LogP contribution in [0.3, 0.4) is 0 Å². The van der Waals surface area contributed by atoms with Gasteiger partial charge in [0.05, 0.1) is 35.8 Å². The normalized spacial score (nSPS) is 30.6. The van der Waals surface area contributed by atoms with E-state index >= 15 is 0 Å². The molecule has 7 nitrogen and oxygen atoms in total. The van der Waals surface area contributed by atoms with Crippen molar-refractivity contribution < 1.29 is 24.2 Å². The number of hydrogen-bond donors (Lipinski definition) is 1. The Bertz CT molecular complexity index is 1170. The van der Waals surface area contributed by atoms with Gasteiger partial charge in [0.15, 0.2) is 0 Å². The number of ether oxygens (including phenoxy) is 1. The fraction of sp³-hybridized carbons (Fsp3) is 0.629. The summed E-state index contributed by atoms with van der Waals surface area (Å²) in [7, 11) is 0. The number of carbonyl (C=O) groups is 3. The number of carbonyl (C=O) groups excluding carboxylic acids is 3. The van der Waals surface area contributed by atoms with E-state index in [1.807, 2.05) is 41.3 Å². The molecule has 43 heavy (non-hydrogen) atoms. The number of fused-ring (bicyclic) bond motifs is 1. The maximum Gasteiger partial charge on any atom is 0.310 e. The highest BCUT2D eigenvalue weighted by Crippen LogP contribution is 2.69. The number of thioether (sulfide) groups is 1. The summed E-state index contributed by atoms with van der Waals surface area (Å²) in [6.45, 7) is 10.3. The van der Waals surface area contributed by atoms with Crippen molar-refractivity contribution >= 4 is 29.5 Å². The SMILES string of the molecule is C=CCCCCOC(=O)[C@@H]1[C@@H]2CC(C)C3(S2)C(C(=O)N(CC=C)C2CCCCC2)N([C@@H](CO)Cc2ccccc2)C(=O)[C@H]13. The second kappa shape index (κ2) is 14.0. The van der Waals surface area contributed by atoms with Crippen LogP contribution in [0.1, 0.15) is 70.3 Å². The molecule has 3 heterocycles. The molecule has 1 saturated carbocycles. The number of aliphatic hydroxyl groups is 1. The average molecular weight is 609 g/mol. The van der Waals surface area contributed by atoms with E-state index in [0.29, 0.717) is 19.6 Å². The molecule has 3 unspecified atom stereocenters. The van der Waals surface area contributed by atoms with Crippen LogP contribution in [0.15, 0.2) is 55.6 Å². The molecule has 2 bridgehead atoms. The number of rotatable bonds is 14. The zero-order chi connectivity index (χ0) is 30.6. The van der Waals surface area contributed by atoms with Crippen molar-refractivity contribution in [2.75, 3.05) is 19.8 Å². The number of nitrogens with zero attached hydrogens (tertiary/aromatic N) is 2. The van der Waals surface area contributed by atoms with Crippen molar-refractivity contribution in [1.82, 2.24) is 9.80 Å². The van der Waals surface area contributed by atoms with Gasteiger partial charge in [0.2, 0.25) is 11.8 Å². The molecule has 0 aromatic heterocycles. The zero-order valence-corrected chi connectivity index (χ0v) is 26.4. The van der Waals surface area contributed by atoms with Crippen molar-refractivity contribution in [2.24, 2.45) is 17.8 Å². The number of likely N-dealkylation sites (tertiary alicyclic amines) is 1. The summed E-state index contributed by atoms with van der Waals surface area (Å²) in [6.07, 6.45) is 12.5. The highest BCUT2D eigenvalue weighted by molar-refractivity contribution is 8.02. The lowest BCUT2D eigenvalue weighted by molar-refractivity contribution is -0.155. The number of amides is 2. The second-order valence-electron chi connectivity index (χ2n) is 12.8. The Morgan fingerprint density at radius 1 is 1.16 bits per heavy atom. The number of aliphatic hydroxyl groups excluding tert-OH is 1. The molecule has 1 N–H and O–H groups in total. The van der Waals surface area contributed by atoms with E-state index in [4.69, 9.17) is 4.74 Å². The van der Waals surface area contributed by atoms with Gasteiger partial charge in [0.25, 0.3) is 0 Å². The van der Waals surface area contributed by atoms with Crippen molar-refractivity contribution in [1.29, 1.82) is 0 Å². The number of benzene rings is 1. The van der Waals surface area contributed by atoms with Gasteiger partial charge >= 0.3 is 5.97 Å². The predicted octanol–water partition coefficient (Wildman–Crippen LogP) is 5.17. The smallest absolute Gasteiger partial charge is 0.310 e. The van der Waals surface area contributed by atoms with Gasteiger partial charge in [-0.05, 0) is 56.4 Å². The highest BCUT2D eigenvalue weighted by atomic mass is 32.2. The summed E-state index contributed by atoms with van der Waals surface area (Å²) in [6, 6.07) is 8.56. The Morgan fingerprint density at radius 3 is 2.58 bits per heavy atom. The van der Waals surface area contributed by atoms with Gasteiger partial charge < -0.3 is 19.6 Å². The van der Waals surface area contributed by atoms with E-state index in [1.165, 1.54) is 6.42 Å². The lowest BCUT2D eigenvalue weighted by atomic mass is 9.66. The number of esters is 1. The molecule has 3 saturated heterocycles. The molecule has 5 rings (SSSR count). The first kappa shape index (κ1) is 31.8. The average Bonchev–Trinajstić information content (AvgIpc) is 3.62. The van der Waals surface area contributed by atoms with Gasteiger partial charge in [-0.2, -0.15) is 0 Å². The second-order valence-corrected chi connectivity index (χ2v) is 14.4. The maximum atomic E-state index is 14.9. The summed E-state index contributed by atoms with van der Waals surface area (Å²) >= 11 is 1.67. The van der Waals surface area contributed by atoms with Crippen LogP contribution in [0.25, 0.3) is 0 Å². The van der Waals surface area contributed by atoms with Crippen LogP contribution in [-0.2, 0) is 25.5 Å². The maximum absolute atomic E-state index is 14.9. The molecule has 1 spiro atoms. The minimum Gasteiger partial charge on any atom is -0.465 e. The molecule has 7 atom stereocenters. The first-order chi connectivity index (χ1) is 20.9. The van der Waals surface area contributed by atoms with Gasteiger partial charge in [-0.25, -0.2) is 0 Å². The number of hydrogen-bond acceptors (Lipinski definition) is 6. The largest absolute Gasteiger partial charge is 0.465 e. The summed E-state index contributed by atoms with van der Waals surface area (Å²) in [5.74, 6) is -1.76. The van der Waals surface area contributed by atoms with Crippen molar-refractivity contribution in [3.05, 3.63) is 61.2 Å². The molecule has 1 aromatic carbocycles. The van der Waals surface area contributed by atoms with E-state index < -0.39 is 28.7 Å². The highest BCUT2D eigenvalue weighted by Gasteiger charge is 2.77. The molecule has 1 aliphatic carbocycles. The van der Waals surface area contributed by atoms with Crippen LogP contribution in [-0.4, -0.2) is 80.6 Å². The monoisotopic (exact) mass is 608 g/mol. The van der Waals surface area contributed by atoms with Gasteiger partial charge in [-0.3, -0.25) is 14.4 Å². The molecule has 234 valence electrons. The van der Waals surface area contributed by atoms with E-state index in [1.54, 1.807) is 22.7 Å². The summed E-state index contributed by atoms with van der Waals surface area (Å²) in [5.41, 5.74) is 0.992. The standard InChI is InChI=1S/C35H48N2O5S/c1-4-6-7-14-20-42-34(41)29-28-21-24(3)35(43-28)30(29)32(39)37(27(23-38)22-25-15-10-8-11-16-25)31(35)33(40)36(19-5-2)26-17-12-9-13-18-26/h4-5,8,10-11,15-16,24,26-31,38H,1-2,6-7,9,12-14,17-23H2,3H3/t24?,27-,28+,29-,30+,31?,35?/m1/s1. The van der Waals surface area contributed by atoms with Crippen LogP contribution in [0.2, 0.25) is 0 Å². The fourth-order valence-corrected chi connectivity index (χ4v) is 10.7. The van der Waals surface area contributed by atoms with Crippen molar-refractivity contribution in [3.8, 4) is 0 Å². The van der Waals surface area contributed by atoms with Gasteiger partial charge in [-0.1, -0.05) is 68.7 Å². The topological polar surface area (TPSA) is 87.2 Å². The molecule has 0 radical (unpaired) electrons. The number of unbranched alkanes of at least 4 members (excludes halogenated alkanes) is 2. The number of allylic oxidation sites excluding steroid dienone is 1. The minimum atomic E-state index is -0.761. The zero-order valence-electron chi connectivity index (χ0n) is 25.6. The van der Waals surface area contributed by atoms with Crippen molar-refractivity contribution in [2.45, 2.75) is 99.3 Å². The van der Waals surface area contributed by atoms with E-state index in [-0.39, 0.29) is 41.6 Å². The summed E-state index contributed by atoms with van der Waals surface area (Å²) in [5, 5.41) is 10.7. The van der Waals surface area contributed by atoms with Gasteiger partial charge in [-0.15, -0.1) is 24.9 Å². The molecule has 2 amide bonds. The van der Waals surface area contributed by atoms with Gasteiger partial charge in [0.1, 0.15) is 6.04 Å². The molecule has 8 heteroatoms. The Hall–Kier alpha value is -2.58. The fourth-order valence-electron chi connectivity index (χ4n) is 8.31. The van der Waals surface area contributed by atoms with E-state index in [9.17, 15) is 19.5 Å². The molecular weight excluding hydrogens is 560 g/mol. The van der Waals surface area contributed by atoms with Crippen LogP contribution in [0.4, 0.5) is 0 Å².